The quantitative estimate of drug-likeness (QED) is 0.570. The first kappa shape index (κ1) is 18.5. The number of rotatable bonds is 1. The van der Waals surface area contributed by atoms with E-state index in [4.69, 9.17) is 9.83 Å². The molecule has 0 radical (unpaired) electrons. The number of hydrogen-bond donors (Lipinski definition) is 2. The van der Waals surface area contributed by atoms with Gasteiger partial charge in [-0.2, -0.15) is 13.2 Å². The number of hydrogen-bond acceptors (Lipinski definition) is 3. The zero-order valence-corrected chi connectivity index (χ0v) is 15.0. The Morgan fingerprint density at radius 3 is 2.59 bits per heavy atom. The maximum atomic E-state index is 12.9. The van der Waals surface area contributed by atoms with Crippen molar-refractivity contribution in [2.75, 3.05) is 0 Å². The lowest BCUT2D eigenvalue weighted by molar-refractivity contribution is -0.137. The first-order valence-electron chi connectivity index (χ1n) is 8.47. The third kappa shape index (κ3) is 3.50. The Bertz CT molecular complexity index is 1260. The molecule has 5 nitrogen and oxygen atoms in total. The van der Waals surface area contributed by atoms with E-state index in [2.05, 4.69) is 15.9 Å². The Kier molecular flexibility index (Phi) is 4.23. The van der Waals surface area contributed by atoms with Crippen LogP contribution in [0.15, 0.2) is 63.7 Å². The summed E-state index contributed by atoms with van der Waals surface area (Å²) in [7, 11) is 0. The van der Waals surface area contributed by atoms with Gasteiger partial charge in [-0.1, -0.05) is 0 Å². The standard InChI is InChI=1S/C21H12F3N3O2/c1-11-6-14(21(22,23)24)8-17(28)19(11)16-4-2-12(20(25)27-16)9-26-10-13-7-15-3-5-18(13)29-15/h2-9H,1H3,(H-,25,27,28)/p+1/b12-9-. The van der Waals surface area contributed by atoms with Crippen LogP contribution < -0.4 is 0 Å². The third-order valence-electron chi connectivity index (χ3n) is 4.39. The van der Waals surface area contributed by atoms with E-state index in [0.717, 1.165) is 11.6 Å². The molecule has 144 valence electrons. The van der Waals surface area contributed by atoms with Crippen molar-refractivity contribution in [2.45, 2.75) is 13.1 Å². The van der Waals surface area contributed by atoms with Gasteiger partial charge in [-0.25, -0.2) is 4.99 Å². The van der Waals surface area contributed by atoms with Gasteiger partial charge in [0.15, 0.2) is 5.84 Å². The highest BCUT2D eigenvalue weighted by Gasteiger charge is 2.32. The zero-order valence-electron chi connectivity index (χ0n) is 15.0. The van der Waals surface area contributed by atoms with Crippen LogP contribution in [0.1, 0.15) is 22.3 Å². The summed E-state index contributed by atoms with van der Waals surface area (Å²) in [6.07, 6.45) is -0.0871. The van der Waals surface area contributed by atoms with Crippen LogP contribution in [0, 0.1) is 18.4 Å². The minimum atomic E-state index is -4.56. The number of alkyl halides is 3. The van der Waals surface area contributed by atoms with Gasteiger partial charge in [0.2, 0.25) is 0 Å². The van der Waals surface area contributed by atoms with Gasteiger partial charge < -0.3 is 9.52 Å². The van der Waals surface area contributed by atoms with Crippen LogP contribution in [0.5, 0.6) is 5.75 Å². The summed E-state index contributed by atoms with van der Waals surface area (Å²) in [6, 6.07) is 9.82. The second kappa shape index (κ2) is 6.63. The van der Waals surface area contributed by atoms with Gasteiger partial charge in [-0.3, -0.25) is 5.41 Å². The van der Waals surface area contributed by atoms with Gasteiger partial charge in [0, 0.05) is 11.6 Å². The molecule has 0 unspecified atom stereocenters. The largest absolute Gasteiger partial charge is 0.507 e. The van der Waals surface area contributed by atoms with E-state index in [1.54, 1.807) is 18.2 Å². The molecule has 1 aliphatic heterocycles. The number of fused-ring (bicyclic) bond motifs is 2. The number of nitrogens with zero attached hydrogens (tertiary/aromatic N) is 2. The first-order valence-corrected chi connectivity index (χ1v) is 8.47. The van der Waals surface area contributed by atoms with Crippen LogP contribution in [0.2, 0.25) is 0 Å². The number of nitrogens with one attached hydrogen (secondary N) is 1. The molecule has 2 aromatic heterocycles. The van der Waals surface area contributed by atoms with Crippen molar-refractivity contribution < 1.29 is 22.7 Å². The maximum Gasteiger partial charge on any atom is 0.416 e. The van der Waals surface area contributed by atoms with Gasteiger partial charge in [-0.05, 0) is 53.7 Å². The normalized spacial score (nSPS) is 15.7. The fourth-order valence-corrected chi connectivity index (χ4v) is 3.03. The van der Waals surface area contributed by atoms with E-state index in [0.29, 0.717) is 22.8 Å². The molecule has 0 saturated carbocycles. The van der Waals surface area contributed by atoms with E-state index in [9.17, 15) is 18.3 Å². The Balaban J connectivity index is 1.60. The number of allylic oxidation sites excluding steroid dienone is 1. The number of aryl methyl sites for hydroxylation is 1. The lowest BCUT2D eigenvalue weighted by atomic mass is 9.97. The average molecular weight is 396 g/mol. The number of halogens is 3. The van der Waals surface area contributed by atoms with Crippen LogP contribution in [0.4, 0.5) is 13.2 Å². The van der Waals surface area contributed by atoms with Crippen LogP contribution in [-0.4, -0.2) is 16.7 Å². The number of phenols is 1. The van der Waals surface area contributed by atoms with Crippen LogP contribution in [-0.2, 0) is 6.18 Å². The fraction of sp³-hybridized carbons (Fsp3) is 0.0952. The maximum absolute atomic E-state index is 12.9. The highest BCUT2D eigenvalue weighted by molar-refractivity contribution is 6.21. The molecular formula is C21H13F3N3O2+. The minimum Gasteiger partial charge on any atom is -0.507 e. The Morgan fingerprint density at radius 1 is 1.21 bits per heavy atom. The minimum absolute atomic E-state index is 0.133. The molecule has 8 heteroatoms. The highest BCUT2D eigenvalue weighted by atomic mass is 19.4. The molecule has 0 atom stereocenters. The molecule has 3 heterocycles. The van der Waals surface area contributed by atoms with Crippen LogP contribution in [0.25, 0.3) is 16.0 Å². The lowest BCUT2D eigenvalue weighted by Gasteiger charge is -2.15. The molecule has 1 aliphatic rings. The Labute approximate surface area is 162 Å². The monoisotopic (exact) mass is 396 g/mol. The molecule has 0 spiro atoms. The smallest absolute Gasteiger partial charge is 0.416 e. The molecular weight excluding hydrogens is 383 g/mol. The summed E-state index contributed by atoms with van der Waals surface area (Å²) >= 11 is 0. The van der Waals surface area contributed by atoms with Gasteiger partial charge in [0.1, 0.15) is 28.1 Å². The number of furan rings is 2. The zero-order chi connectivity index (χ0) is 20.8. The topological polar surface area (TPSA) is 73.9 Å². The molecule has 0 fully saturated rings. The highest BCUT2D eigenvalue weighted by Crippen LogP contribution is 2.35. The summed E-state index contributed by atoms with van der Waals surface area (Å²) in [5.74, 6) is -0.676. The van der Waals surface area contributed by atoms with E-state index < -0.39 is 17.5 Å². The number of benzene rings is 2. The number of phenolic OH excluding ortho intramolecular Hbond substituents is 1. The molecule has 3 aromatic rings. The van der Waals surface area contributed by atoms with Gasteiger partial charge >= 0.3 is 18.4 Å². The van der Waals surface area contributed by atoms with E-state index in [-0.39, 0.29) is 22.7 Å². The number of dihydropyridines is 1. The van der Waals surface area contributed by atoms with Crippen molar-refractivity contribution in [1.82, 2.24) is 0 Å². The molecule has 29 heavy (non-hydrogen) atoms. The van der Waals surface area contributed by atoms with E-state index in [1.807, 2.05) is 6.07 Å². The van der Waals surface area contributed by atoms with E-state index in [1.165, 1.54) is 19.2 Å². The second-order valence-corrected chi connectivity index (χ2v) is 6.45. The van der Waals surface area contributed by atoms with Crippen molar-refractivity contribution in [3.8, 4) is 11.8 Å². The predicted octanol–water partition coefficient (Wildman–Crippen LogP) is 5.50. The molecule has 1 aromatic carbocycles. The van der Waals surface area contributed by atoms with Gasteiger partial charge in [0.25, 0.3) is 0 Å². The molecule has 0 amide bonds. The number of amidine groups is 1. The van der Waals surface area contributed by atoms with Crippen LogP contribution >= 0.6 is 0 Å². The van der Waals surface area contributed by atoms with Gasteiger partial charge in [0.05, 0.1) is 11.3 Å². The second-order valence-electron chi connectivity index (χ2n) is 6.45. The summed E-state index contributed by atoms with van der Waals surface area (Å²) in [5, 5.41) is 18.2. The van der Waals surface area contributed by atoms with Crippen molar-refractivity contribution in [1.29, 1.82) is 5.41 Å². The fourth-order valence-electron chi connectivity index (χ4n) is 3.03. The lowest BCUT2D eigenvalue weighted by Crippen LogP contribution is -2.12. The average Bonchev–Trinajstić information content (AvgIpc) is 3.25. The molecule has 4 rings (SSSR count). The van der Waals surface area contributed by atoms with E-state index >= 15 is 0 Å². The van der Waals surface area contributed by atoms with Crippen LogP contribution in [0.3, 0.4) is 0 Å². The number of aromatic hydroxyl groups is 1. The Morgan fingerprint density at radius 2 is 2.00 bits per heavy atom. The van der Waals surface area contributed by atoms with Crippen molar-refractivity contribution in [2.24, 2.45) is 4.99 Å². The van der Waals surface area contributed by atoms with Gasteiger partial charge in [-0.15, -0.1) is 0 Å². The summed E-state index contributed by atoms with van der Waals surface area (Å²) in [4.78, 5) is 8.15. The summed E-state index contributed by atoms with van der Waals surface area (Å²) < 4.78 is 44.0. The molecule has 2 N–H and O–H groups in total. The molecule has 0 saturated heterocycles. The van der Waals surface area contributed by atoms with Crippen molar-refractivity contribution in [3.05, 3.63) is 81.4 Å². The summed E-state index contributed by atoms with van der Waals surface area (Å²) in [5.41, 5.74) is 2.08. The SMILES string of the molecule is Cc1cc(C(F)(F)F)cc(O)c1C1=NC(=N)/C(=C\[N+]#Cc2cc3ccc2o3)C=C1. The van der Waals surface area contributed by atoms with Crippen molar-refractivity contribution >= 4 is 22.7 Å². The number of aliphatic imine (C=N–C) groups is 1. The Hall–Kier alpha value is -3.86. The first-order chi connectivity index (χ1) is 13.7. The molecule has 0 aliphatic carbocycles. The third-order valence-corrected chi connectivity index (χ3v) is 4.39. The predicted molar refractivity (Wildman–Crippen MR) is 103 cm³/mol. The summed E-state index contributed by atoms with van der Waals surface area (Å²) in [6.45, 7) is 1.45. The van der Waals surface area contributed by atoms with Crippen molar-refractivity contribution in [3.63, 3.8) is 0 Å². The molecule has 2 bridgehead atoms.